The third-order valence-electron chi connectivity index (χ3n) is 3.69. The van der Waals surface area contributed by atoms with Crippen LogP contribution in [0.1, 0.15) is 25.7 Å². The molecule has 0 fully saturated rings. The predicted octanol–water partition coefficient (Wildman–Crippen LogP) is 4.09. The van der Waals surface area contributed by atoms with E-state index in [1.54, 1.807) is 18.2 Å². The quantitative estimate of drug-likeness (QED) is 0.311. The fourth-order valence-electron chi connectivity index (χ4n) is 2.70. The van der Waals surface area contributed by atoms with Crippen LogP contribution in [-0.4, -0.2) is 27.9 Å². The number of benzene rings is 1. The summed E-state index contributed by atoms with van der Waals surface area (Å²) in [5.74, 6) is 0. The Bertz CT molecular complexity index is 625. The number of rotatable bonds is 7. The van der Waals surface area contributed by atoms with Gasteiger partial charge in [0.15, 0.2) is 0 Å². The molecule has 0 saturated carbocycles. The van der Waals surface area contributed by atoms with Crippen LogP contribution >= 0.6 is 27.5 Å². The largest absolute Gasteiger partial charge is 0.468 e. The first-order valence-electron chi connectivity index (χ1n) is 7.14. The molecule has 0 aromatic heterocycles. The van der Waals surface area contributed by atoms with Crippen LogP contribution in [0.4, 0.5) is 5.69 Å². The Morgan fingerprint density at radius 3 is 2.96 bits per heavy atom. The molecular formula is C15H17BrClNO4S. The van der Waals surface area contributed by atoms with Crippen LogP contribution < -0.4 is 4.31 Å². The molecule has 5 nitrogen and oxygen atoms in total. The topological polar surface area (TPSA) is 66.8 Å². The Morgan fingerprint density at radius 1 is 1.52 bits per heavy atom. The van der Waals surface area contributed by atoms with Crippen molar-refractivity contribution < 1.29 is 18.3 Å². The van der Waals surface area contributed by atoms with E-state index < -0.39 is 11.3 Å². The minimum atomic E-state index is -2.21. The van der Waals surface area contributed by atoms with Crippen LogP contribution in [0.2, 0.25) is 5.02 Å². The number of hydrogen-bond donors (Lipinski definition) is 1. The van der Waals surface area contributed by atoms with Crippen LogP contribution in [0.5, 0.6) is 0 Å². The number of halogens is 2. The van der Waals surface area contributed by atoms with E-state index in [0.29, 0.717) is 23.6 Å². The molecule has 0 heterocycles. The fourth-order valence-corrected chi connectivity index (χ4v) is 4.30. The second kappa shape index (κ2) is 8.82. The maximum atomic E-state index is 12.0. The van der Waals surface area contributed by atoms with Crippen molar-refractivity contribution in [3.63, 3.8) is 0 Å². The summed E-state index contributed by atoms with van der Waals surface area (Å²) in [4.78, 5) is 10.3. The van der Waals surface area contributed by atoms with Crippen LogP contribution in [0.15, 0.2) is 34.3 Å². The van der Waals surface area contributed by atoms with E-state index in [1.807, 2.05) is 0 Å². The Morgan fingerprint density at radius 2 is 2.30 bits per heavy atom. The normalized spacial score (nSPS) is 18.9. The lowest BCUT2D eigenvalue weighted by atomic mass is 9.92. The number of carbonyl (C=O) groups is 1. The monoisotopic (exact) mass is 421 g/mol. The number of carbonyl (C=O) groups excluding carboxylic acids is 1. The van der Waals surface area contributed by atoms with Gasteiger partial charge in [-0.05, 0) is 43.0 Å². The number of anilines is 1. The van der Waals surface area contributed by atoms with Gasteiger partial charge in [-0.15, -0.1) is 0 Å². The van der Waals surface area contributed by atoms with Crippen molar-refractivity contribution in [1.29, 1.82) is 0 Å². The molecule has 126 valence electrons. The second-order valence-corrected chi connectivity index (χ2v) is 7.27. The summed E-state index contributed by atoms with van der Waals surface area (Å²) in [6.07, 6.45) is 5.16. The summed E-state index contributed by atoms with van der Waals surface area (Å²) in [6.45, 7) is 0.664. The van der Waals surface area contributed by atoms with E-state index in [-0.39, 0.29) is 12.6 Å². The molecule has 1 aromatic carbocycles. The van der Waals surface area contributed by atoms with Gasteiger partial charge in [-0.1, -0.05) is 33.6 Å². The predicted molar refractivity (Wildman–Crippen MR) is 94.8 cm³/mol. The van der Waals surface area contributed by atoms with Crippen molar-refractivity contribution in [1.82, 2.24) is 0 Å². The summed E-state index contributed by atoms with van der Waals surface area (Å²) in [5, 5.41) is 0.399. The zero-order valence-electron chi connectivity index (χ0n) is 12.3. The van der Waals surface area contributed by atoms with Gasteiger partial charge in [0.05, 0.1) is 23.4 Å². The maximum Gasteiger partial charge on any atom is 0.293 e. The van der Waals surface area contributed by atoms with E-state index in [4.69, 9.17) is 16.3 Å². The summed E-state index contributed by atoms with van der Waals surface area (Å²) >= 11 is 7.37. The minimum Gasteiger partial charge on any atom is -0.468 e. The fraction of sp³-hybridized carbons (Fsp3) is 0.400. The molecule has 1 N–H and O–H groups in total. The number of hydrogen-bond acceptors (Lipinski definition) is 3. The molecule has 0 spiro atoms. The average Bonchev–Trinajstić information content (AvgIpc) is 2.51. The molecular weight excluding hydrogens is 406 g/mol. The summed E-state index contributed by atoms with van der Waals surface area (Å²) in [6, 6.07) is 4.94. The van der Waals surface area contributed by atoms with Crippen molar-refractivity contribution in [2.75, 3.05) is 10.9 Å². The lowest BCUT2D eigenvalue weighted by Gasteiger charge is -2.34. The molecule has 0 bridgehead atoms. The summed E-state index contributed by atoms with van der Waals surface area (Å²) < 4.78 is 28.8. The second-order valence-electron chi connectivity index (χ2n) is 5.10. The molecule has 1 aromatic rings. The maximum absolute atomic E-state index is 12.0. The Labute approximate surface area is 151 Å². The highest BCUT2D eigenvalue weighted by molar-refractivity contribution is 9.10. The van der Waals surface area contributed by atoms with Gasteiger partial charge in [0, 0.05) is 10.9 Å². The minimum absolute atomic E-state index is 0.247. The van der Waals surface area contributed by atoms with Crippen LogP contribution in [0, 0.1) is 0 Å². The Balaban J connectivity index is 2.31. The zero-order chi connectivity index (χ0) is 16.8. The number of nitrogens with zero attached hydrogens (tertiary/aromatic N) is 1. The third kappa shape index (κ3) is 4.79. The lowest BCUT2D eigenvalue weighted by molar-refractivity contribution is -0.128. The van der Waals surface area contributed by atoms with Gasteiger partial charge in [-0.2, -0.15) is 0 Å². The first kappa shape index (κ1) is 18.4. The molecule has 0 aliphatic heterocycles. The van der Waals surface area contributed by atoms with Crippen molar-refractivity contribution in [3.05, 3.63) is 39.3 Å². The SMILES string of the molecule is O=COCCC1=CCCCC1N(c1ccc(Br)cc1Cl)S(=O)O. The highest BCUT2D eigenvalue weighted by Gasteiger charge is 2.29. The van der Waals surface area contributed by atoms with Gasteiger partial charge in [0.1, 0.15) is 0 Å². The van der Waals surface area contributed by atoms with Gasteiger partial charge in [0.2, 0.25) is 0 Å². The molecule has 23 heavy (non-hydrogen) atoms. The van der Waals surface area contributed by atoms with E-state index >= 15 is 0 Å². The first-order chi connectivity index (χ1) is 11.0. The van der Waals surface area contributed by atoms with Crippen LogP contribution in [-0.2, 0) is 20.8 Å². The average molecular weight is 423 g/mol. The first-order valence-corrected chi connectivity index (χ1v) is 9.37. The molecule has 1 aliphatic rings. The summed E-state index contributed by atoms with van der Waals surface area (Å²) in [7, 11) is 0. The van der Waals surface area contributed by atoms with Gasteiger partial charge in [-0.25, -0.2) is 4.21 Å². The van der Waals surface area contributed by atoms with E-state index in [9.17, 15) is 13.6 Å². The van der Waals surface area contributed by atoms with Gasteiger partial charge >= 0.3 is 0 Å². The van der Waals surface area contributed by atoms with Gasteiger partial charge < -0.3 is 4.74 Å². The van der Waals surface area contributed by atoms with Crippen molar-refractivity contribution in [3.8, 4) is 0 Å². The Hall–Kier alpha value is -0.890. The standard InChI is InChI=1S/C15H17BrClNO4S/c16-12-5-6-15(13(17)9-12)18(23(20)21)14-4-2-1-3-11(14)7-8-22-10-19/h3,5-6,9-10,14H,1-2,4,7-8H2,(H,20,21). The molecule has 2 unspecified atom stereocenters. The smallest absolute Gasteiger partial charge is 0.293 e. The lowest BCUT2D eigenvalue weighted by Crippen LogP contribution is -2.39. The highest BCUT2D eigenvalue weighted by Crippen LogP contribution is 2.36. The van der Waals surface area contributed by atoms with Gasteiger partial charge in [0.25, 0.3) is 17.7 Å². The van der Waals surface area contributed by atoms with Crippen LogP contribution in [0.25, 0.3) is 0 Å². The molecule has 0 radical (unpaired) electrons. The van der Waals surface area contributed by atoms with E-state index in [1.165, 1.54) is 4.31 Å². The molecule has 1 aliphatic carbocycles. The van der Waals surface area contributed by atoms with Gasteiger partial charge in [-0.3, -0.25) is 13.7 Å². The number of allylic oxidation sites excluding steroid dienone is 1. The molecule has 0 saturated heterocycles. The van der Waals surface area contributed by atoms with E-state index in [2.05, 4.69) is 22.0 Å². The molecule has 8 heteroatoms. The highest BCUT2D eigenvalue weighted by atomic mass is 79.9. The van der Waals surface area contributed by atoms with Crippen molar-refractivity contribution >= 4 is 51.0 Å². The van der Waals surface area contributed by atoms with Crippen LogP contribution in [0.3, 0.4) is 0 Å². The van der Waals surface area contributed by atoms with Crippen molar-refractivity contribution in [2.24, 2.45) is 0 Å². The van der Waals surface area contributed by atoms with E-state index in [0.717, 1.165) is 29.3 Å². The molecule has 2 atom stereocenters. The Kier molecular flexibility index (Phi) is 7.08. The summed E-state index contributed by atoms with van der Waals surface area (Å²) in [5.41, 5.74) is 1.49. The van der Waals surface area contributed by atoms with Crippen molar-refractivity contribution in [2.45, 2.75) is 31.7 Å². The number of ether oxygens (including phenoxy) is 1. The third-order valence-corrected chi connectivity index (χ3v) is 5.28. The molecule has 2 rings (SSSR count). The molecule has 0 amide bonds. The zero-order valence-corrected chi connectivity index (χ0v) is 15.4.